The van der Waals surface area contributed by atoms with Crippen molar-refractivity contribution in [2.24, 2.45) is 0 Å². The Bertz CT molecular complexity index is 502. The fraction of sp³-hybridized carbons (Fsp3) is 0.273. The van der Waals surface area contributed by atoms with Crippen LogP contribution in [0.4, 0.5) is 19.3 Å². The van der Waals surface area contributed by atoms with Gasteiger partial charge in [-0.1, -0.05) is 15.9 Å². The van der Waals surface area contributed by atoms with Gasteiger partial charge in [0.15, 0.2) is 11.6 Å². The average molecular weight is 337 g/mol. The Morgan fingerprint density at radius 3 is 2.26 bits per heavy atom. The van der Waals surface area contributed by atoms with Crippen LogP contribution in [0.15, 0.2) is 16.6 Å². The molecule has 0 saturated carbocycles. The molecule has 1 aromatic rings. The summed E-state index contributed by atoms with van der Waals surface area (Å²) in [5, 5.41) is 10.7. The van der Waals surface area contributed by atoms with Gasteiger partial charge in [-0.3, -0.25) is 0 Å². The van der Waals surface area contributed by atoms with Crippen molar-refractivity contribution in [1.29, 1.82) is 0 Å². The largest absolute Gasteiger partial charge is 0.480 e. The van der Waals surface area contributed by atoms with Gasteiger partial charge in [-0.2, -0.15) is 0 Å². The summed E-state index contributed by atoms with van der Waals surface area (Å²) < 4.78 is 27.1. The Labute approximate surface area is 116 Å². The summed E-state index contributed by atoms with van der Waals surface area (Å²) >= 11 is 2.90. The summed E-state index contributed by atoms with van der Waals surface area (Å²) in [6.07, 6.45) is 0. The lowest BCUT2D eigenvalue weighted by Gasteiger charge is -2.22. The number of nitrogens with zero attached hydrogens (tertiary/aromatic N) is 1. The van der Waals surface area contributed by atoms with Crippen LogP contribution in [0, 0.1) is 11.6 Å². The molecule has 19 heavy (non-hydrogen) atoms. The van der Waals surface area contributed by atoms with Crippen molar-refractivity contribution in [2.45, 2.75) is 13.0 Å². The summed E-state index contributed by atoms with van der Waals surface area (Å²) in [6, 6.07) is -0.0740. The fourth-order valence-electron chi connectivity index (χ4n) is 1.20. The standard InChI is InChI=1S/C11H11BrF2N2O3/c1-5(10(17)18)16(2)11(19)15-9-7(13)3-6(12)4-8(9)14/h3-5H,1-2H3,(H,15,19)(H,17,18). The zero-order valence-corrected chi connectivity index (χ0v) is 11.7. The van der Waals surface area contributed by atoms with E-state index in [2.05, 4.69) is 15.9 Å². The molecule has 2 N–H and O–H groups in total. The number of urea groups is 1. The fourth-order valence-corrected chi connectivity index (χ4v) is 1.60. The lowest BCUT2D eigenvalue weighted by molar-refractivity contribution is -0.141. The number of carbonyl (C=O) groups excluding carboxylic acids is 1. The monoisotopic (exact) mass is 336 g/mol. The number of carboxylic acid groups (broad SMARTS) is 1. The van der Waals surface area contributed by atoms with Gasteiger partial charge >= 0.3 is 12.0 Å². The van der Waals surface area contributed by atoms with Gasteiger partial charge in [0, 0.05) is 11.5 Å². The van der Waals surface area contributed by atoms with E-state index in [1.54, 1.807) is 0 Å². The molecule has 0 radical (unpaired) electrons. The molecular formula is C11H11BrF2N2O3. The number of nitrogens with one attached hydrogen (secondary N) is 1. The predicted molar refractivity (Wildman–Crippen MR) is 67.9 cm³/mol. The molecule has 0 aliphatic rings. The van der Waals surface area contributed by atoms with Gasteiger partial charge in [0.05, 0.1) is 0 Å². The highest BCUT2D eigenvalue weighted by atomic mass is 79.9. The maximum Gasteiger partial charge on any atom is 0.326 e. The van der Waals surface area contributed by atoms with Gasteiger partial charge in [0.2, 0.25) is 0 Å². The van der Waals surface area contributed by atoms with Crippen molar-refractivity contribution in [3.63, 3.8) is 0 Å². The Kier molecular flexibility index (Phi) is 4.82. The summed E-state index contributed by atoms with van der Waals surface area (Å²) in [6.45, 7) is 1.27. The second-order valence-electron chi connectivity index (χ2n) is 3.80. The third kappa shape index (κ3) is 3.63. The third-order valence-electron chi connectivity index (χ3n) is 2.50. The first kappa shape index (κ1) is 15.4. The van der Waals surface area contributed by atoms with Crippen molar-refractivity contribution in [3.05, 3.63) is 28.2 Å². The smallest absolute Gasteiger partial charge is 0.326 e. The number of likely N-dealkylation sites (N-methyl/N-ethyl adjacent to an activating group) is 1. The molecule has 1 unspecified atom stereocenters. The van der Waals surface area contributed by atoms with E-state index in [1.807, 2.05) is 5.32 Å². The Morgan fingerprint density at radius 1 is 1.37 bits per heavy atom. The van der Waals surface area contributed by atoms with Crippen LogP contribution < -0.4 is 5.32 Å². The van der Waals surface area contributed by atoms with Crippen LogP contribution in [0.1, 0.15) is 6.92 Å². The van der Waals surface area contributed by atoms with Crippen LogP contribution in [0.2, 0.25) is 0 Å². The third-order valence-corrected chi connectivity index (χ3v) is 2.96. The molecule has 1 aromatic carbocycles. The Morgan fingerprint density at radius 2 is 1.84 bits per heavy atom. The lowest BCUT2D eigenvalue weighted by atomic mass is 10.3. The normalized spacial score (nSPS) is 11.8. The molecule has 1 rings (SSSR count). The van der Waals surface area contributed by atoms with Crippen LogP contribution in [0.25, 0.3) is 0 Å². The van der Waals surface area contributed by atoms with Crippen LogP contribution in [-0.4, -0.2) is 35.1 Å². The number of hydrogen-bond donors (Lipinski definition) is 2. The van der Waals surface area contributed by atoms with Crippen molar-refractivity contribution in [3.8, 4) is 0 Å². The van der Waals surface area contributed by atoms with Crippen LogP contribution in [0.5, 0.6) is 0 Å². The molecule has 104 valence electrons. The molecule has 0 fully saturated rings. The van der Waals surface area contributed by atoms with Crippen molar-refractivity contribution >= 4 is 33.6 Å². The van der Waals surface area contributed by atoms with E-state index >= 15 is 0 Å². The number of carbonyl (C=O) groups is 2. The van der Waals surface area contributed by atoms with Gasteiger partial charge in [-0.25, -0.2) is 18.4 Å². The number of halogens is 3. The minimum atomic E-state index is -1.23. The highest BCUT2D eigenvalue weighted by Crippen LogP contribution is 2.24. The van der Waals surface area contributed by atoms with E-state index in [1.165, 1.54) is 14.0 Å². The van der Waals surface area contributed by atoms with Crippen molar-refractivity contribution < 1.29 is 23.5 Å². The molecular weight excluding hydrogens is 326 g/mol. The zero-order valence-electron chi connectivity index (χ0n) is 10.1. The highest BCUT2D eigenvalue weighted by molar-refractivity contribution is 9.10. The average Bonchev–Trinajstić information content (AvgIpc) is 2.31. The number of carboxylic acids is 1. The molecule has 2 amide bonds. The first-order valence-electron chi connectivity index (χ1n) is 5.15. The predicted octanol–water partition coefficient (Wildman–Crippen LogP) is 2.66. The van der Waals surface area contributed by atoms with Gasteiger partial charge in [-0.05, 0) is 19.1 Å². The quantitative estimate of drug-likeness (QED) is 0.891. The van der Waals surface area contributed by atoms with E-state index in [9.17, 15) is 18.4 Å². The molecule has 0 heterocycles. The Balaban J connectivity index is 2.92. The van der Waals surface area contributed by atoms with Crippen molar-refractivity contribution in [1.82, 2.24) is 4.90 Å². The van der Waals surface area contributed by atoms with Gasteiger partial charge in [-0.15, -0.1) is 0 Å². The minimum Gasteiger partial charge on any atom is -0.480 e. The number of amides is 2. The molecule has 0 aliphatic carbocycles. The number of rotatable bonds is 3. The summed E-state index contributed by atoms with van der Waals surface area (Å²) in [4.78, 5) is 23.2. The van der Waals surface area contributed by atoms with Gasteiger partial charge in [0.25, 0.3) is 0 Å². The topological polar surface area (TPSA) is 69.6 Å². The molecule has 0 saturated heterocycles. The first-order valence-corrected chi connectivity index (χ1v) is 5.94. The molecule has 0 aromatic heterocycles. The number of hydrogen-bond acceptors (Lipinski definition) is 2. The first-order chi connectivity index (χ1) is 8.73. The maximum absolute atomic E-state index is 13.5. The maximum atomic E-state index is 13.5. The van der Waals surface area contributed by atoms with E-state index in [-0.39, 0.29) is 4.47 Å². The second-order valence-corrected chi connectivity index (χ2v) is 4.72. The molecule has 8 heteroatoms. The number of aliphatic carboxylic acids is 1. The van der Waals surface area contributed by atoms with E-state index in [0.717, 1.165) is 17.0 Å². The molecule has 0 aliphatic heterocycles. The van der Waals surface area contributed by atoms with Crippen molar-refractivity contribution in [2.75, 3.05) is 12.4 Å². The zero-order chi connectivity index (χ0) is 14.7. The molecule has 0 spiro atoms. The van der Waals surface area contributed by atoms with E-state index in [4.69, 9.17) is 5.11 Å². The Hall–Kier alpha value is -1.70. The number of benzene rings is 1. The number of anilines is 1. The van der Waals surface area contributed by atoms with Crippen LogP contribution in [0.3, 0.4) is 0 Å². The summed E-state index contributed by atoms with van der Waals surface area (Å²) in [5.41, 5.74) is -0.627. The second kappa shape index (κ2) is 5.96. The highest BCUT2D eigenvalue weighted by Gasteiger charge is 2.23. The van der Waals surface area contributed by atoms with Crippen LogP contribution >= 0.6 is 15.9 Å². The van der Waals surface area contributed by atoms with Gasteiger partial charge in [0.1, 0.15) is 11.7 Å². The van der Waals surface area contributed by atoms with E-state index < -0.39 is 35.4 Å². The molecule has 1 atom stereocenters. The summed E-state index contributed by atoms with van der Waals surface area (Å²) in [5.74, 6) is -3.15. The molecule has 0 bridgehead atoms. The van der Waals surface area contributed by atoms with Crippen LogP contribution in [-0.2, 0) is 4.79 Å². The lowest BCUT2D eigenvalue weighted by Crippen LogP contribution is -2.42. The minimum absolute atomic E-state index is 0.188. The summed E-state index contributed by atoms with van der Waals surface area (Å²) in [7, 11) is 1.21. The molecule has 5 nitrogen and oxygen atoms in total. The van der Waals surface area contributed by atoms with E-state index in [0.29, 0.717) is 0 Å². The van der Waals surface area contributed by atoms with Gasteiger partial charge < -0.3 is 15.3 Å². The SMILES string of the molecule is CC(C(=O)O)N(C)C(=O)Nc1c(F)cc(Br)cc1F.